The molecule has 0 radical (unpaired) electrons. The number of pyridine rings is 1. The number of hydrogen-bond donors (Lipinski definition) is 1. The fraction of sp³-hybridized carbons (Fsp3) is 0.0625. The van der Waals surface area contributed by atoms with Crippen LogP contribution in [0.1, 0.15) is 16.1 Å². The van der Waals surface area contributed by atoms with Crippen molar-refractivity contribution in [3.63, 3.8) is 0 Å². The summed E-state index contributed by atoms with van der Waals surface area (Å²) in [7, 11) is 0. The highest BCUT2D eigenvalue weighted by molar-refractivity contribution is 6.30. The fourth-order valence-corrected chi connectivity index (χ4v) is 2.31. The average Bonchev–Trinajstić information content (AvgIpc) is 3.02. The Hall–Kier alpha value is -2.87. The van der Waals surface area contributed by atoms with Gasteiger partial charge in [0.2, 0.25) is 0 Å². The Bertz CT molecular complexity index is 892. The SMILES string of the molecule is O=C(Nc1ccccn1)c1cnn(-c2ccc(Cl)cc2)c1C(F)(F)F. The van der Waals surface area contributed by atoms with Crippen LogP contribution < -0.4 is 5.32 Å². The lowest BCUT2D eigenvalue weighted by molar-refractivity contribution is -0.143. The third kappa shape index (κ3) is 3.63. The lowest BCUT2D eigenvalue weighted by Crippen LogP contribution is -2.21. The number of nitrogens with zero attached hydrogens (tertiary/aromatic N) is 3. The zero-order valence-electron chi connectivity index (χ0n) is 12.5. The predicted molar refractivity (Wildman–Crippen MR) is 85.8 cm³/mol. The Morgan fingerprint density at radius 3 is 2.44 bits per heavy atom. The van der Waals surface area contributed by atoms with E-state index in [1.807, 2.05) is 0 Å². The van der Waals surface area contributed by atoms with E-state index >= 15 is 0 Å². The van der Waals surface area contributed by atoms with Crippen molar-refractivity contribution in [3.8, 4) is 5.69 Å². The number of amides is 1. The predicted octanol–water partition coefficient (Wildman–Crippen LogP) is 4.19. The highest BCUT2D eigenvalue weighted by atomic mass is 35.5. The van der Waals surface area contributed by atoms with Gasteiger partial charge in [-0.15, -0.1) is 0 Å². The Morgan fingerprint density at radius 2 is 1.84 bits per heavy atom. The first-order valence-corrected chi connectivity index (χ1v) is 7.37. The van der Waals surface area contributed by atoms with Crippen LogP contribution in [0.5, 0.6) is 0 Å². The molecule has 0 spiro atoms. The smallest absolute Gasteiger partial charge is 0.306 e. The Labute approximate surface area is 145 Å². The van der Waals surface area contributed by atoms with Crippen LogP contribution in [-0.4, -0.2) is 20.7 Å². The normalized spacial score (nSPS) is 11.4. The molecule has 1 N–H and O–H groups in total. The summed E-state index contributed by atoms with van der Waals surface area (Å²) in [5, 5.41) is 6.41. The molecule has 1 aromatic carbocycles. The second kappa shape index (κ2) is 6.56. The van der Waals surface area contributed by atoms with E-state index in [0.717, 1.165) is 6.20 Å². The summed E-state index contributed by atoms with van der Waals surface area (Å²) in [6.45, 7) is 0. The first-order chi connectivity index (χ1) is 11.9. The van der Waals surface area contributed by atoms with Gasteiger partial charge < -0.3 is 5.32 Å². The molecule has 0 aliphatic carbocycles. The van der Waals surface area contributed by atoms with Gasteiger partial charge in [0, 0.05) is 11.2 Å². The standard InChI is InChI=1S/C16H10ClF3N4O/c17-10-4-6-11(7-5-10)24-14(16(18,19)20)12(9-22-24)15(25)23-13-3-1-2-8-21-13/h1-9H,(H,21,23,25). The summed E-state index contributed by atoms with van der Waals surface area (Å²) < 4.78 is 41.2. The summed E-state index contributed by atoms with van der Waals surface area (Å²) in [5.74, 6) is -0.814. The molecule has 2 aromatic heterocycles. The van der Waals surface area contributed by atoms with Crippen molar-refractivity contribution in [2.45, 2.75) is 6.18 Å². The molecule has 0 aliphatic rings. The third-order valence-corrected chi connectivity index (χ3v) is 3.51. The van der Waals surface area contributed by atoms with E-state index in [1.54, 1.807) is 12.1 Å². The zero-order chi connectivity index (χ0) is 18.0. The lowest BCUT2D eigenvalue weighted by Gasteiger charge is -2.12. The van der Waals surface area contributed by atoms with Crippen LogP contribution in [0.25, 0.3) is 5.69 Å². The third-order valence-electron chi connectivity index (χ3n) is 3.26. The van der Waals surface area contributed by atoms with Gasteiger partial charge in [-0.2, -0.15) is 18.3 Å². The molecule has 1 amide bonds. The molecule has 3 rings (SSSR count). The molecule has 3 aromatic rings. The molecule has 2 heterocycles. The van der Waals surface area contributed by atoms with Crippen LogP contribution in [0.2, 0.25) is 5.02 Å². The molecule has 25 heavy (non-hydrogen) atoms. The summed E-state index contributed by atoms with van der Waals surface area (Å²) in [6.07, 6.45) is -2.50. The molecule has 0 saturated heterocycles. The second-order valence-corrected chi connectivity index (χ2v) is 5.40. The van der Waals surface area contributed by atoms with Crippen LogP contribution >= 0.6 is 11.6 Å². The number of alkyl halides is 3. The van der Waals surface area contributed by atoms with Crippen molar-refractivity contribution in [1.29, 1.82) is 0 Å². The van der Waals surface area contributed by atoms with Gasteiger partial charge >= 0.3 is 6.18 Å². The highest BCUT2D eigenvalue weighted by Crippen LogP contribution is 2.34. The molecular formula is C16H10ClF3N4O. The molecular weight excluding hydrogens is 357 g/mol. The lowest BCUT2D eigenvalue weighted by atomic mass is 10.2. The van der Waals surface area contributed by atoms with Gasteiger partial charge in [0.05, 0.1) is 17.4 Å². The number of carbonyl (C=O) groups excluding carboxylic acids is 1. The number of rotatable bonds is 3. The van der Waals surface area contributed by atoms with E-state index in [-0.39, 0.29) is 11.5 Å². The number of halogens is 4. The van der Waals surface area contributed by atoms with Gasteiger partial charge in [-0.1, -0.05) is 17.7 Å². The number of nitrogens with one attached hydrogen (secondary N) is 1. The summed E-state index contributed by atoms with van der Waals surface area (Å²) in [4.78, 5) is 16.1. The first-order valence-electron chi connectivity index (χ1n) is 7.00. The molecule has 0 saturated carbocycles. The van der Waals surface area contributed by atoms with Crippen LogP contribution in [-0.2, 0) is 6.18 Å². The largest absolute Gasteiger partial charge is 0.434 e. The first kappa shape index (κ1) is 17.0. The minimum absolute atomic E-state index is 0.133. The molecule has 0 atom stereocenters. The van der Waals surface area contributed by atoms with Crippen LogP contribution in [0, 0.1) is 0 Å². The van der Waals surface area contributed by atoms with Crippen molar-refractivity contribution >= 4 is 23.3 Å². The summed E-state index contributed by atoms with van der Waals surface area (Å²) >= 11 is 5.75. The molecule has 9 heteroatoms. The minimum atomic E-state index is -4.78. The molecule has 128 valence electrons. The maximum Gasteiger partial charge on any atom is 0.434 e. The summed E-state index contributed by atoms with van der Waals surface area (Å²) in [6, 6.07) is 10.3. The number of benzene rings is 1. The number of aromatic nitrogens is 3. The minimum Gasteiger partial charge on any atom is -0.306 e. The summed E-state index contributed by atoms with van der Waals surface area (Å²) in [5.41, 5.74) is -1.65. The molecule has 0 unspecified atom stereocenters. The number of anilines is 1. The van der Waals surface area contributed by atoms with Gasteiger partial charge in [0.25, 0.3) is 5.91 Å². The quantitative estimate of drug-likeness (QED) is 0.756. The Balaban J connectivity index is 2.03. The highest BCUT2D eigenvalue weighted by Gasteiger charge is 2.40. The monoisotopic (exact) mass is 366 g/mol. The van der Waals surface area contributed by atoms with Crippen molar-refractivity contribution in [2.75, 3.05) is 5.32 Å². The van der Waals surface area contributed by atoms with Crippen LogP contribution in [0.3, 0.4) is 0 Å². The van der Waals surface area contributed by atoms with Crippen LogP contribution in [0.15, 0.2) is 54.9 Å². The number of hydrogen-bond acceptors (Lipinski definition) is 3. The van der Waals surface area contributed by atoms with E-state index in [0.29, 0.717) is 9.70 Å². The van der Waals surface area contributed by atoms with Crippen LogP contribution in [0.4, 0.5) is 19.0 Å². The van der Waals surface area contributed by atoms with E-state index in [2.05, 4.69) is 15.4 Å². The van der Waals surface area contributed by atoms with Gasteiger partial charge in [0.1, 0.15) is 5.82 Å². The van der Waals surface area contributed by atoms with Gasteiger partial charge in [-0.05, 0) is 36.4 Å². The van der Waals surface area contributed by atoms with E-state index in [4.69, 9.17) is 11.6 Å². The van der Waals surface area contributed by atoms with E-state index in [9.17, 15) is 18.0 Å². The topological polar surface area (TPSA) is 59.8 Å². The van der Waals surface area contributed by atoms with E-state index in [1.165, 1.54) is 36.5 Å². The molecule has 5 nitrogen and oxygen atoms in total. The van der Waals surface area contributed by atoms with Gasteiger partial charge in [0.15, 0.2) is 5.69 Å². The van der Waals surface area contributed by atoms with Crippen molar-refractivity contribution < 1.29 is 18.0 Å². The molecule has 0 bridgehead atoms. The second-order valence-electron chi connectivity index (χ2n) is 4.96. The van der Waals surface area contributed by atoms with Gasteiger partial charge in [-0.3, -0.25) is 4.79 Å². The molecule has 0 fully saturated rings. The molecule has 0 aliphatic heterocycles. The van der Waals surface area contributed by atoms with Crippen molar-refractivity contribution in [3.05, 3.63) is 71.1 Å². The van der Waals surface area contributed by atoms with E-state index < -0.39 is 23.3 Å². The zero-order valence-corrected chi connectivity index (χ0v) is 13.2. The van der Waals surface area contributed by atoms with Gasteiger partial charge in [-0.25, -0.2) is 9.67 Å². The number of carbonyl (C=O) groups is 1. The Kier molecular flexibility index (Phi) is 4.45. The van der Waals surface area contributed by atoms with Crippen molar-refractivity contribution in [2.24, 2.45) is 0 Å². The maximum absolute atomic E-state index is 13.5. The maximum atomic E-state index is 13.5. The average molecular weight is 367 g/mol. The fourth-order valence-electron chi connectivity index (χ4n) is 2.19. The Morgan fingerprint density at radius 1 is 1.12 bits per heavy atom. The van der Waals surface area contributed by atoms with Crippen molar-refractivity contribution in [1.82, 2.24) is 14.8 Å².